The molecule has 0 aliphatic carbocycles. The van der Waals surface area contributed by atoms with Crippen LogP contribution in [-0.4, -0.2) is 10.3 Å². The Kier molecular flexibility index (Phi) is 4.42. The van der Waals surface area contributed by atoms with Gasteiger partial charge in [0, 0.05) is 0 Å². The van der Waals surface area contributed by atoms with Crippen molar-refractivity contribution in [3.63, 3.8) is 0 Å². The van der Waals surface area contributed by atoms with E-state index in [0.717, 1.165) is 0 Å². The molecule has 2 aromatic rings. The molecular formula is C15H15NOS. The molecule has 0 amide bonds. The van der Waals surface area contributed by atoms with Gasteiger partial charge in [0.05, 0.1) is 5.25 Å². The molecule has 0 fully saturated rings. The first kappa shape index (κ1) is 12.7. The van der Waals surface area contributed by atoms with Crippen LogP contribution in [0.4, 0.5) is 0 Å². The summed E-state index contributed by atoms with van der Waals surface area (Å²) in [7, 11) is 0. The van der Waals surface area contributed by atoms with Crippen molar-refractivity contribution in [1.82, 2.24) is 0 Å². The lowest BCUT2D eigenvalue weighted by molar-refractivity contribution is 0.320. The summed E-state index contributed by atoms with van der Waals surface area (Å²) >= 11 is 1.55. The summed E-state index contributed by atoms with van der Waals surface area (Å²) in [5.74, 6) is 0. The molecule has 18 heavy (non-hydrogen) atoms. The SMILES string of the molecule is CC(=NO)SC(c1ccccc1)c1ccccc1. The topological polar surface area (TPSA) is 32.6 Å². The number of oxime groups is 1. The van der Waals surface area contributed by atoms with Gasteiger partial charge in [0.1, 0.15) is 5.04 Å². The van der Waals surface area contributed by atoms with E-state index in [1.165, 1.54) is 11.1 Å². The molecule has 0 radical (unpaired) electrons. The summed E-state index contributed by atoms with van der Waals surface area (Å²) in [6.45, 7) is 1.81. The van der Waals surface area contributed by atoms with Gasteiger partial charge in [-0.15, -0.1) is 0 Å². The van der Waals surface area contributed by atoms with Crippen LogP contribution in [0.1, 0.15) is 23.3 Å². The van der Waals surface area contributed by atoms with Crippen molar-refractivity contribution in [3.8, 4) is 0 Å². The number of nitrogens with zero attached hydrogens (tertiary/aromatic N) is 1. The Hall–Kier alpha value is -1.74. The van der Waals surface area contributed by atoms with Gasteiger partial charge >= 0.3 is 0 Å². The van der Waals surface area contributed by atoms with Gasteiger partial charge in [-0.25, -0.2) is 0 Å². The predicted molar refractivity (Wildman–Crippen MR) is 77.2 cm³/mol. The summed E-state index contributed by atoms with van der Waals surface area (Å²) in [5, 5.41) is 12.9. The summed E-state index contributed by atoms with van der Waals surface area (Å²) in [4.78, 5) is 0. The highest BCUT2D eigenvalue weighted by atomic mass is 32.2. The summed E-state index contributed by atoms with van der Waals surface area (Å²) < 4.78 is 0. The molecule has 0 saturated heterocycles. The molecule has 0 aliphatic heterocycles. The molecule has 0 saturated carbocycles. The molecule has 0 heterocycles. The molecule has 0 spiro atoms. The van der Waals surface area contributed by atoms with Crippen molar-refractivity contribution in [3.05, 3.63) is 71.8 Å². The second-order valence-electron chi connectivity index (χ2n) is 3.94. The molecule has 0 atom stereocenters. The number of thioether (sulfide) groups is 1. The maximum atomic E-state index is 8.84. The zero-order valence-electron chi connectivity index (χ0n) is 10.2. The van der Waals surface area contributed by atoms with E-state index < -0.39 is 0 Å². The first-order valence-corrected chi connectivity index (χ1v) is 6.64. The number of benzene rings is 2. The number of hydrogen-bond acceptors (Lipinski definition) is 3. The van der Waals surface area contributed by atoms with Crippen molar-refractivity contribution in [1.29, 1.82) is 0 Å². The van der Waals surface area contributed by atoms with Gasteiger partial charge in [-0.1, -0.05) is 77.6 Å². The molecule has 2 rings (SSSR count). The Morgan fingerprint density at radius 1 is 0.944 bits per heavy atom. The van der Waals surface area contributed by atoms with E-state index in [0.29, 0.717) is 5.04 Å². The minimum absolute atomic E-state index is 0.156. The zero-order chi connectivity index (χ0) is 12.8. The van der Waals surface area contributed by atoms with Crippen molar-refractivity contribution >= 4 is 16.8 Å². The Morgan fingerprint density at radius 2 is 1.39 bits per heavy atom. The average Bonchev–Trinajstić information content (AvgIpc) is 2.46. The normalized spacial score (nSPS) is 11.8. The van der Waals surface area contributed by atoms with Crippen LogP contribution in [0.25, 0.3) is 0 Å². The van der Waals surface area contributed by atoms with E-state index in [4.69, 9.17) is 5.21 Å². The van der Waals surface area contributed by atoms with Crippen LogP contribution >= 0.6 is 11.8 Å². The van der Waals surface area contributed by atoms with E-state index in [9.17, 15) is 0 Å². The lowest BCUT2D eigenvalue weighted by atomic mass is 10.0. The molecular weight excluding hydrogens is 242 g/mol. The van der Waals surface area contributed by atoms with Crippen LogP contribution in [0.5, 0.6) is 0 Å². The van der Waals surface area contributed by atoms with Crippen molar-refractivity contribution in [2.45, 2.75) is 12.2 Å². The second-order valence-corrected chi connectivity index (χ2v) is 5.24. The highest BCUT2D eigenvalue weighted by Gasteiger charge is 2.15. The molecule has 0 aliphatic rings. The van der Waals surface area contributed by atoms with Crippen LogP contribution < -0.4 is 0 Å². The molecule has 1 N–H and O–H groups in total. The van der Waals surface area contributed by atoms with E-state index in [-0.39, 0.29) is 5.25 Å². The van der Waals surface area contributed by atoms with Crippen LogP contribution in [-0.2, 0) is 0 Å². The molecule has 3 heteroatoms. The quantitative estimate of drug-likeness (QED) is 0.384. The molecule has 0 unspecified atom stereocenters. The molecule has 2 aromatic carbocycles. The van der Waals surface area contributed by atoms with Crippen LogP contribution in [0.3, 0.4) is 0 Å². The molecule has 2 nitrogen and oxygen atoms in total. The standard InChI is InChI=1S/C15H15NOS/c1-12(16-17)18-15(13-8-4-2-5-9-13)14-10-6-3-7-11-14/h2-11,15,17H,1H3. The number of rotatable bonds is 3. The van der Waals surface area contributed by atoms with Gasteiger partial charge in [-0.05, 0) is 18.1 Å². The van der Waals surface area contributed by atoms with E-state index in [1.807, 2.05) is 43.3 Å². The third kappa shape index (κ3) is 3.14. The van der Waals surface area contributed by atoms with E-state index >= 15 is 0 Å². The fourth-order valence-corrected chi connectivity index (χ4v) is 2.75. The fraction of sp³-hybridized carbons (Fsp3) is 0.133. The lowest BCUT2D eigenvalue weighted by Crippen LogP contribution is -1.99. The Balaban J connectivity index is 2.35. The highest BCUT2D eigenvalue weighted by molar-refractivity contribution is 8.14. The smallest absolute Gasteiger partial charge is 0.110 e. The number of hydrogen-bond donors (Lipinski definition) is 1. The highest BCUT2D eigenvalue weighted by Crippen LogP contribution is 2.36. The molecule has 92 valence electrons. The van der Waals surface area contributed by atoms with Gasteiger partial charge in [0.15, 0.2) is 0 Å². The average molecular weight is 257 g/mol. The minimum atomic E-state index is 0.156. The zero-order valence-corrected chi connectivity index (χ0v) is 11.0. The Morgan fingerprint density at radius 3 is 1.78 bits per heavy atom. The lowest BCUT2D eigenvalue weighted by Gasteiger charge is -2.16. The van der Waals surface area contributed by atoms with E-state index in [2.05, 4.69) is 29.4 Å². The Labute approximate surface area is 111 Å². The third-order valence-corrected chi connectivity index (χ3v) is 3.84. The van der Waals surface area contributed by atoms with E-state index in [1.54, 1.807) is 11.8 Å². The monoisotopic (exact) mass is 257 g/mol. The third-order valence-electron chi connectivity index (χ3n) is 2.63. The van der Waals surface area contributed by atoms with Gasteiger partial charge < -0.3 is 5.21 Å². The molecule has 0 aromatic heterocycles. The molecule has 0 bridgehead atoms. The first-order chi connectivity index (χ1) is 8.81. The summed E-state index contributed by atoms with van der Waals surface area (Å²) in [6.07, 6.45) is 0. The fourth-order valence-electron chi connectivity index (χ4n) is 1.78. The van der Waals surface area contributed by atoms with Crippen molar-refractivity contribution in [2.24, 2.45) is 5.16 Å². The van der Waals surface area contributed by atoms with Gasteiger partial charge in [0.2, 0.25) is 0 Å². The largest absolute Gasteiger partial charge is 0.410 e. The Bertz CT molecular complexity index is 471. The second kappa shape index (κ2) is 6.26. The summed E-state index contributed by atoms with van der Waals surface area (Å²) in [5.41, 5.74) is 2.41. The maximum Gasteiger partial charge on any atom is 0.110 e. The summed E-state index contributed by atoms with van der Waals surface area (Å²) in [6, 6.07) is 20.5. The van der Waals surface area contributed by atoms with Crippen molar-refractivity contribution in [2.75, 3.05) is 0 Å². The minimum Gasteiger partial charge on any atom is -0.410 e. The first-order valence-electron chi connectivity index (χ1n) is 5.76. The van der Waals surface area contributed by atoms with Gasteiger partial charge in [-0.2, -0.15) is 0 Å². The maximum absolute atomic E-state index is 8.84. The van der Waals surface area contributed by atoms with Gasteiger partial charge in [0.25, 0.3) is 0 Å². The predicted octanol–water partition coefficient (Wildman–Crippen LogP) is 4.32. The van der Waals surface area contributed by atoms with Crippen LogP contribution in [0, 0.1) is 0 Å². The van der Waals surface area contributed by atoms with Gasteiger partial charge in [-0.3, -0.25) is 0 Å². The van der Waals surface area contributed by atoms with Crippen LogP contribution in [0.15, 0.2) is 65.8 Å². The van der Waals surface area contributed by atoms with Crippen molar-refractivity contribution < 1.29 is 5.21 Å². The van der Waals surface area contributed by atoms with Crippen LogP contribution in [0.2, 0.25) is 0 Å².